The molecule has 1 unspecified atom stereocenters. The van der Waals surface area contributed by atoms with Gasteiger partial charge in [0.05, 0.1) is 17.6 Å². The van der Waals surface area contributed by atoms with Crippen LogP contribution in [-0.2, 0) is 13.5 Å². The Bertz CT molecular complexity index is 625. The van der Waals surface area contributed by atoms with Gasteiger partial charge in [-0.2, -0.15) is 5.10 Å². The van der Waals surface area contributed by atoms with Gasteiger partial charge in [-0.05, 0) is 18.9 Å². The zero-order valence-corrected chi connectivity index (χ0v) is 12.0. The summed E-state index contributed by atoms with van der Waals surface area (Å²) in [7, 11) is 1.64. The number of hydrogen-bond donors (Lipinski definition) is 2. The van der Waals surface area contributed by atoms with E-state index in [4.69, 9.17) is 0 Å². The van der Waals surface area contributed by atoms with Crippen LogP contribution in [0.5, 0.6) is 0 Å². The van der Waals surface area contributed by atoms with Crippen molar-refractivity contribution in [3.63, 3.8) is 0 Å². The molecule has 0 spiro atoms. The third-order valence-electron chi connectivity index (χ3n) is 3.26. The van der Waals surface area contributed by atoms with Crippen LogP contribution in [0.4, 0.5) is 11.5 Å². The summed E-state index contributed by atoms with van der Waals surface area (Å²) in [5.74, 6) is 0.312. The summed E-state index contributed by atoms with van der Waals surface area (Å²) in [5.41, 5.74) is 1.34. The lowest BCUT2D eigenvalue weighted by Gasteiger charge is -2.17. The molecule has 7 nitrogen and oxygen atoms in total. The first-order valence-electron chi connectivity index (χ1n) is 6.62. The van der Waals surface area contributed by atoms with Crippen molar-refractivity contribution >= 4 is 11.5 Å². The summed E-state index contributed by atoms with van der Waals surface area (Å²) in [6.45, 7) is 1.46. The maximum Gasteiger partial charge on any atom is 0.333 e. The lowest BCUT2D eigenvalue weighted by Crippen LogP contribution is -2.27. The van der Waals surface area contributed by atoms with Crippen molar-refractivity contribution in [3.8, 4) is 0 Å². The maximum absolute atomic E-state index is 11.1. The Balaban J connectivity index is 2.21. The number of rotatable bonds is 6. The van der Waals surface area contributed by atoms with Crippen LogP contribution in [0.15, 0.2) is 30.3 Å². The molecule has 0 fully saturated rings. The summed E-state index contributed by atoms with van der Waals surface area (Å²) in [6.07, 6.45) is 0.568. The quantitative estimate of drug-likeness (QED) is 0.623. The van der Waals surface area contributed by atoms with Crippen molar-refractivity contribution < 1.29 is 10.0 Å². The van der Waals surface area contributed by atoms with Gasteiger partial charge in [0, 0.05) is 7.05 Å². The topological polar surface area (TPSA) is 93.2 Å². The first-order valence-corrected chi connectivity index (χ1v) is 6.62. The van der Waals surface area contributed by atoms with Gasteiger partial charge in [-0.3, -0.25) is 10.1 Å². The van der Waals surface area contributed by atoms with Gasteiger partial charge >= 0.3 is 5.69 Å². The SMILES string of the molecule is Cc1nn(C)c(NC(CO)Cc2ccccc2)c1[N+](=O)[O-]. The second kappa shape index (κ2) is 6.36. The molecule has 21 heavy (non-hydrogen) atoms. The lowest BCUT2D eigenvalue weighted by atomic mass is 10.1. The molecular formula is C14H18N4O3. The molecular weight excluding hydrogens is 272 g/mol. The van der Waals surface area contributed by atoms with Gasteiger partial charge in [0.2, 0.25) is 5.82 Å². The number of aliphatic hydroxyl groups is 1. The minimum absolute atomic E-state index is 0.0518. The number of aromatic nitrogens is 2. The fraction of sp³-hybridized carbons (Fsp3) is 0.357. The fourth-order valence-electron chi connectivity index (χ4n) is 2.28. The standard InChI is InChI=1S/C14H18N4O3/c1-10-13(18(20)21)14(17(2)16-10)15-12(9-19)8-11-6-4-3-5-7-11/h3-7,12,15,19H,8-9H2,1-2H3. The Kier molecular flexibility index (Phi) is 4.54. The first-order chi connectivity index (χ1) is 10.0. The third-order valence-corrected chi connectivity index (χ3v) is 3.26. The fourth-order valence-corrected chi connectivity index (χ4v) is 2.28. The number of aliphatic hydroxyl groups excluding tert-OH is 1. The van der Waals surface area contributed by atoms with Gasteiger partial charge in [-0.1, -0.05) is 30.3 Å². The number of hydrogen-bond acceptors (Lipinski definition) is 5. The number of nitrogens with zero attached hydrogens (tertiary/aromatic N) is 3. The molecule has 1 heterocycles. The molecule has 2 N–H and O–H groups in total. The summed E-state index contributed by atoms with van der Waals surface area (Å²) in [6, 6.07) is 9.34. The largest absolute Gasteiger partial charge is 0.394 e. The zero-order chi connectivity index (χ0) is 15.4. The van der Waals surface area contributed by atoms with Crippen LogP contribution in [0, 0.1) is 17.0 Å². The molecule has 0 bridgehead atoms. The Morgan fingerprint density at radius 3 is 2.67 bits per heavy atom. The van der Waals surface area contributed by atoms with Gasteiger partial charge in [0.25, 0.3) is 0 Å². The average Bonchev–Trinajstić information content (AvgIpc) is 2.73. The van der Waals surface area contributed by atoms with Crippen molar-refractivity contribution in [3.05, 3.63) is 51.7 Å². The Morgan fingerprint density at radius 2 is 2.10 bits per heavy atom. The van der Waals surface area contributed by atoms with Crippen LogP contribution < -0.4 is 5.32 Å². The highest BCUT2D eigenvalue weighted by atomic mass is 16.6. The predicted molar refractivity (Wildman–Crippen MR) is 79.2 cm³/mol. The lowest BCUT2D eigenvalue weighted by molar-refractivity contribution is -0.384. The molecule has 1 atom stereocenters. The molecule has 2 aromatic rings. The van der Waals surface area contributed by atoms with Crippen LogP contribution in [-0.4, -0.2) is 32.5 Å². The zero-order valence-electron chi connectivity index (χ0n) is 12.0. The van der Waals surface area contributed by atoms with Crippen LogP contribution in [0.3, 0.4) is 0 Å². The van der Waals surface area contributed by atoms with Crippen molar-refractivity contribution in [2.45, 2.75) is 19.4 Å². The van der Waals surface area contributed by atoms with E-state index in [2.05, 4.69) is 10.4 Å². The van der Waals surface area contributed by atoms with E-state index in [1.165, 1.54) is 4.68 Å². The van der Waals surface area contributed by atoms with Gasteiger partial charge in [-0.15, -0.1) is 0 Å². The Labute approximate surface area is 122 Å². The molecule has 0 saturated heterocycles. The van der Waals surface area contributed by atoms with E-state index in [-0.39, 0.29) is 18.3 Å². The van der Waals surface area contributed by atoms with Crippen molar-refractivity contribution in [1.29, 1.82) is 0 Å². The summed E-state index contributed by atoms with van der Waals surface area (Å²) < 4.78 is 1.43. The van der Waals surface area contributed by atoms with Crippen molar-refractivity contribution in [2.24, 2.45) is 7.05 Å². The van der Waals surface area contributed by atoms with E-state index in [1.54, 1.807) is 14.0 Å². The average molecular weight is 290 g/mol. The monoisotopic (exact) mass is 290 g/mol. The Morgan fingerprint density at radius 1 is 1.43 bits per heavy atom. The van der Waals surface area contributed by atoms with Crippen LogP contribution >= 0.6 is 0 Å². The maximum atomic E-state index is 11.1. The highest BCUT2D eigenvalue weighted by Crippen LogP contribution is 2.28. The molecule has 1 aromatic carbocycles. The second-order valence-corrected chi connectivity index (χ2v) is 4.88. The minimum Gasteiger partial charge on any atom is -0.394 e. The van der Waals surface area contributed by atoms with Gasteiger partial charge < -0.3 is 10.4 Å². The molecule has 0 saturated carbocycles. The summed E-state index contributed by atoms with van der Waals surface area (Å²) in [5, 5.41) is 27.7. The second-order valence-electron chi connectivity index (χ2n) is 4.88. The molecule has 0 aliphatic heterocycles. The van der Waals surface area contributed by atoms with E-state index >= 15 is 0 Å². The number of anilines is 1. The summed E-state index contributed by atoms with van der Waals surface area (Å²) in [4.78, 5) is 10.7. The number of aryl methyl sites for hydroxylation is 2. The van der Waals surface area contributed by atoms with Crippen molar-refractivity contribution in [2.75, 3.05) is 11.9 Å². The van der Waals surface area contributed by atoms with E-state index in [9.17, 15) is 15.2 Å². The van der Waals surface area contributed by atoms with E-state index in [1.807, 2.05) is 30.3 Å². The van der Waals surface area contributed by atoms with E-state index in [0.29, 0.717) is 17.9 Å². The van der Waals surface area contributed by atoms with Crippen LogP contribution in [0.25, 0.3) is 0 Å². The smallest absolute Gasteiger partial charge is 0.333 e. The first kappa shape index (κ1) is 15.0. The molecule has 0 radical (unpaired) electrons. The molecule has 0 amide bonds. The molecule has 0 aliphatic rings. The summed E-state index contributed by atoms with van der Waals surface area (Å²) >= 11 is 0. The number of nitrogens with one attached hydrogen (secondary N) is 1. The molecule has 1 aromatic heterocycles. The van der Waals surface area contributed by atoms with Crippen LogP contribution in [0.2, 0.25) is 0 Å². The van der Waals surface area contributed by atoms with Crippen LogP contribution in [0.1, 0.15) is 11.3 Å². The minimum atomic E-state index is -0.457. The van der Waals surface area contributed by atoms with Gasteiger partial charge in [0.15, 0.2) is 0 Å². The highest BCUT2D eigenvalue weighted by Gasteiger charge is 2.25. The van der Waals surface area contributed by atoms with Gasteiger partial charge in [-0.25, -0.2) is 4.68 Å². The molecule has 7 heteroatoms. The molecule has 0 aliphatic carbocycles. The third kappa shape index (κ3) is 3.38. The van der Waals surface area contributed by atoms with E-state index < -0.39 is 4.92 Å². The Hall–Kier alpha value is -2.41. The number of benzene rings is 1. The molecule has 112 valence electrons. The predicted octanol–water partition coefficient (Wildman–Crippen LogP) is 1.65. The number of nitro groups is 1. The highest BCUT2D eigenvalue weighted by molar-refractivity contribution is 5.60. The van der Waals surface area contributed by atoms with Gasteiger partial charge in [0.1, 0.15) is 5.69 Å². The van der Waals surface area contributed by atoms with E-state index in [0.717, 1.165) is 5.56 Å². The van der Waals surface area contributed by atoms with Crippen molar-refractivity contribution in [1.82, 2.24) is 9.78 Å². The normalized spacial score (nSPS) is 12.1. The molecule has 2 rings (SSSR count).